The van der Waals surface area contributed by atoms with E-state index in [1.54, 1.807) is 24.7 Å². The highest BCUT2D eigenvalue weighted by Crippen LogP contribution is 2.26. The Morgan fingerprint density at radius 2 is 2.00 bits per heavy atom. The van der Waals surface area contributed by atoms with Crippen molar-refractivity contribution in [1.82, 2.24) is 15.4 Å². The van der Waals surface area contributed by atoms with Gasteiger partial charge in [0.05, 0.1) is 12.5 Å². The molecule has 3 aromatic rings. The van der Waals surface area contributed by atoms with E-state index in [2.05, 4.69) is 15.4 Å². The summed E-state index contributed by atoms with van der Waals surface area (Å²) in [7, 11) is 0. The molecule has 0 aliphatic carbocycles. The molecule has 7 nitrogen and oxygen atoms in total. The predicted octanol–water partition coefficient (Wildman–Crippen LogP) is 2.56. The first-order chi connectivity index (χ1) is 9.74. The number of nitrogens with zero attached hydrogens (tertiary/aromatic N) is 2. The van der Waals surface area contributed by atoms with E-state index in [-0.39, 0.29) is 11.6 Å². The van der Waals surface area contributed by atoms with E-state index >= 15 is 0 Å². The molecule has 1 aromatic carbocycles. The maximum Gasteiger partial charge on any atom is 0.359 e. The summed E-state index contributed by atoms with van der Waals surface area (Å²) >= 11 is 0. The standard InChI is InChI=1S/C13H9N3O4/c17-13(18)11-12(15-16-14-11)20-10-3-1-8(2-4-10)9-5-6-19-7-9/h1-7H,(H,17,18)(H,14,15,16). The van der Waals surface area contributed by atoms with Gasteiger partial charge in [-0.05, 0) is 23.8 Å². The Balaban J connectivity index is 1.82. The molecule has 0 saturated carbocycles. The summed E-state index contributed by atoms with van der Waals surface area (Å²) in [5, 5.41) is 18.1. The van der Waals surface area contributed by atoms with Crippen molar-refractivity contribution in [2.75, 3.05) is 0 Å². The quantitative estimate of drug-likeness (QED) is 0.756. The molecule has 20 heavy (non-hydrogen) atoms. The highest BCUT2D eigenvalue weighted by Gasteiger charge is 2.16. The first-order valence-electron chi connectivity index (χ1n) is 5.69. The van der Waals surface area contributed by atoms with Crippen LogP contribution >= 0.6 is 0 Å². The molecule has 2 heterocycles. The topological polar surface area (TPSA) is 101 Å². The second-order valence-corrected chi connectivity index (χ2v) is 3.94. The molecule has 0 bridgehead atoms. The highest BCUT2D eigenvalue weighted by molar-refractivity contribution is 5.87. The smallest absolute Gasteiger partial charge is 0.359 e. The summed E-state index contributed by atoms with van der Waals surface area (Å²) in [6.45, 7) is 0. The van der Waals surface area contributed by atoms with Crippen molar-refractivity contribution in [2.45, 2.75) is 0 Å². The summed E-state index contributed by atoms with van der Waals surface area (Å²) in [6.07, 6.45) is 3.23. The zero-order chi connectivity index (χ0) is 13.9. The van der Waals surface area contributed by atoms with Crippen molar-refractivity contribution in [3.63, 3.8) is 0 Å². The van der Waals surface area contributed by atoms with Crippen LogP contribution in [0.25, 0.3) is 11.1 Å². The molecule has 2 aromatic heterocycles. The summed E-state index contributed by atoms with van der Waals surface area (Å²) in [6, 6.07) is 8.93. The van der Waals surface area contributed by atoms with Crippen molar-refractivity contribution < 1.29 is 19.1 Å². The van der Waals surface area contributed by atoms with Gasteiger partial charge in [-0.15, -0.1) is 0 Å². The first kappa shape index (κ1) is 12.0. The summed E-state index contributed by atoms with van der Waals surface area (Å²) in [5.41, 5.74) is 1.72. The van der Waals surface area contributed by atoms with Crippen molar-refractivity contribution in [2.24, 2.45) is 0 Å². The fourth-order valence-corrected chi connectivity index (χ4v) is 1.68. The molecule has 0 spiro atoms. The minimum Gasteiger partial charge on any atom is -0.476 e. The summed E-state index contributed by atoms with van der Waals surface area (Å²) in [5.74, 6) is -0.790. The number of aromatic nitrogens is 3. The fraction of sp³-hybridized carbons (Fsp3) is 0. The van der Waals surface area contributed by atoms with E-state index in [0.29, 0.717) is 5.75 Å². The Hall–Kier alpha value is -3.09. The number of nitrogens with one attached hydrogen (secondary N) is 1. The molecule has 2 N–H and O–H groups in total. The van der Waals surface area contributed by atoms with Gasteiger partial charge in [0.1, 0.15) is 5.75 Å². The molecule has 0 aliphatic rings. The fourth-order valence-electron chi connectivity index (χ4n) is 1.68. The Labute approximate surface area is 112 Å². The Kier molecular flexibility index (Phi) is 2.92. The number of carbonyl (C=O) groups is 1. The van der Waals surface area contributed by atoms with Crippen LogP contribution in [-0.2, 0) is 0 Å². The minimum atomic E-state index is -1.18. The van der Waals surface area contributed by atoms with Gasteiger partial charge in [-0.1, -0.05) is 22.4 Å². The lowest BCUT2D eigenvalue weighted by molar-refractivity contribution is 0.0687. The molecule has 0 amide bonds. The van der Waals surface area contributed by atoms with Gasteiger partial charge in [-0.2, -0.15) is 0 Å². The molecular formula is C13H9N3O4. The SMILES string of the molecule is O=C(O)c1[nH]nnc1Oc1ccc(-c2ccoc2)cc1. The molecule has 0 fully saturated rings. The van der Waals surface area contributed by atoms with Crippen LogP contribution in [0, 0.1) is 0 Å². The van der Waals surface area contributed by atoms with Crippen LogP contribution in [0.5, 0.6) is 11.6 Å². The minimum absolute atomic E-state index is 0.0754. The Morgan fingerprint density at radius 3 is 2.65 bits per heavy atom. The van der Waals surface area contributed by atoms with Crippen LogP contribution in [0.15, 0.2) is 47.3 Å². The highest BCUT2D eigenvalue weighted by atomic mass is 16.5. The van der Waals surface area contributed by atoms with Gasteiger partial charge in [0.25, 0.3) is 5.88 Å². The summed E-state index contributed by atoms with van der Waals surface area (Å²) in [4.78, 5) is 10.9. The average molecular weight is 271 g/mol. The molecule has 0 radical (unpaired) electrons. The summed E-state index contributed by atoms with van der Waals surface area (Å²) < 4.78 is 10.4. The van der Waals surface area contributed by atoms with Gasteiger partial charge in [-0.3, -0.25) is 0 Å². The molecule has 3 rings (SSSR count). The third kappa shape index (κ3) is 2.24. The van der Waals surface area contributed by atoms with Gasteiger partial charge < -0.3 is 14.3 Å². The van der Waals surface area contributed by atoms with Crippen molar-refractivity contribution >= 4 is 5.97 Å². The van der Waals surface area contributed by atoms with E-state index in [9.17, 15) is 4.79 Å². The number of furan rings is 1. The van der Waals surface area contributed by atoms with Crippen molar-refractivity contribution in [3.05, 3.63) is 48.6 Å². The van der Waals surface area contributed by atoms with Crippen molar-refractivity contribution in [3.8, 4) is 22.8 Å². The van der Waals surface area contributed by atoms with E-state index in [4.69, 9.17) is 14.3 Å². The lowest BCUT2D eigenvalue weighted by atomic mass is 10.1. The number of hydrogen-bond donors (Lipinski definition) is 2. The maximum atomic E-state index is 10.9. The zero-order valence-corrected chi connectivity index (χ0v) is 10.1. The number of carboxylic acids is 1. The monoisotopic (exact) mass is 271 g/mol. The van der Waals surface area contributed by atoms with E-state index in [1.165, 1.54) is 0 Å². The number of H-pyrrole nitrogens is 1. The molecule has 0 atom stereocenters. The van der Waals surface area contributed by atoms with Crippen LogP contribution in [0.1, 0.15) is 10.5 Å². The number of hydrogen-bond acceptors (Lipinski definition) is 5. The van der Waals surface area contributed by atoms with Crippen LogP contribution in [0.3, 0.4) is 0 Å². The zero-order valence-electron chi connectivity index (χ0n) is 10.1. The lowest BCUT2D eigenvalue weighted by Gasteiger charge is -2.03. The number of carboxylic acid groups (broad SMARTS) is 1. The normalized spacial score (nSPS) is 10.4. The second-order valence-electron chi connectivity index (χ2n) is 3.94. The van der Waals surface area contributed by atoms with Gasteiger partial charge in [0.2, 0.25) is 5.69 Å². The number of aromatic amines is 1. The third-order valence-corrected chi connectivity index (χ3v) is 2.65. The first-order valence-corrected chi connectivity index (χ1v) is 5.69. The molecule has 0 saturated heterocycles. The van der Waals surface area contributed by atoms with Crippen LogP contribution < -0.4 is 4.74 Å². The Bertz CT molecular complexity index is 716. The second kappa shape index (κ2) is 4.88. The number of aromatic carboxylic acids is 1. The average Bonchev–Trinajstić information content (AvgIpc) is 3.10. The number of benzene rings is 1. The van der Waals surface area contributed by atoms with Gasteiger partial charge in [0.15, 0.2) is 0 Å². The molecule has 100 valence electrons. The molecule has 0 unspecified atom stereocenters. The number of rotatable bonds is 4. The third-order valence-electron chi connectivity index (χ3n) is 2.65. The lowest BCUT2D eigenvalue weighted by Crippen LogP contribution is -1.99. The number of ether oxygens (including phenoxy) is 1. The van der Waals surface area contributed by atoms with Crippen molar-refractivity contribution in [1.29, 1.82) is 0 Å². The van der Waals surface area contributed by atoms with Crippen LogP contribution in [-0.4, -0.2) is 26.5 Å². The van der Waals surface area contributed by atoms with Gasteiger partial charge >= 0.3 is 5.97 Å². The van der Waals surface area contributed by atoms with Gasteiger partial charge in [0, 0.05) is 5.56 Å². The van der Waals surface area contributed by atoms with Crippen LogP contribution in [0.4, 0.5) is 0 Å². The largest absolute Gasteiger partial charge is 0.476 e. The van der Waals surface area contributed by atoms with Crippen LogP contribution in [0.2, 0.25) is 0 Å². The van der Waals surface area contributed by atoms with Gasteiger partial charge in [-0.25, -0.2) is 9.89 Å². The van der Waals surface area contributed by atoms with E-state index in [1.807, 2.05) is 18.2 Å². The molecular weight excluding hydrogens is 262 g/mol. The predicted molar refractivity (Wildman–Crippen MR) is 67.6 cm³/mol. The maximum absolute atomic E-state index is 10.9. The Morgan fingerprint density at radius 1 is 1.20 bits per heavy atom. The van der Waals surface area contributed by atoms with E-state index in [0.717, 1.165) is 11.1 Å². The molecule has 7 heteroatoms. The molecule has 0 aliphatic heterocycles. The van der Waals surface area contributed by atoms with E-state index < -0.39 is 5.97 Å².